The van der Waals surface area contributed by atoms with Crippen LogP contribution in [-0.2, 0) is 4.79 Å². The molecule has 1 atom stereocenters. The van der Waals surface area contributed by atoms with Crippen molar-refractivity contribution in [3.8, 4) is 5.75 Å². The lowest BCUT2D eigenvalue weighted by Gasteiger charge is -2.26. The number of ether oxygens (including phenoxy) is 1. The van der Waals surface area contributed by atoms with Gasteiger partial charge in [-0.25, -0.2) is 0 Å². The van der Waals surface area contributed by atoms with Gasteiger partial charge in [0.15, 0.2) is 0 Å². The van der Waals surface area contributed by atoms with Gasteiger partial charge in [0.05, 0.1) is 12.6 Å². The Labute approximate surface area is 102 Å². The average Bonchev–Trinajstić information content (AvgIpc) is 2.28. The molecule has 1 N–H and O–H groups in total. The average molecular weight is 233 g/mol. The Kier molecular flexibility index (Phi) is 3.67. The van der Waals surface area contributed by atoms with Crippen molar-refractivity contribution in [3.05, 3.63) is 29.8 Å². The molecule has 0 unspecified atom stereocenters. The lowest BCUT2D eigenvalue weighted by molar-refractivity contribution is -0.122. The summed E-state index contributed by atoms with van der Waals surface area (Å²) in [5.41, 5.74) is 1.09. The zero-order valence-corrected chi connectivity index (χ0v) is 10.4. The summed E-state index contributed by atoms with van der Waals surface area (Å²) in [7, 11) is 0. The van der Waals surface area contributed by atoms with Crippen molar-refractivity contribution in [3.63, 3.8) is 0 Å². The number of rotatable bonds is 3. The van der Waals surface area contributed by atoms with Crippen molar-refractivity contribution in [2.45, 2.75) is 32.7 Å². The van der Waals surface area contributed by atoms with E-state index in [1.807, 2.05) is 24.3 Å². The Morgan fingerprint density at radius 3 is 3.00 bits per heavy atom. The molecule has 0 radical (unpaired) electrons. The largest absolute Gasteiger partial charge is 0.493 e. The highest BCUT2D eigenvalue weighted by Gasteiger charge is 2.22. The van der Waals surface area contributed by atoms with Crippen molar-refractivity contribution in [2.24, 2.45) is 5.92 Å². The fourth-order valence-corrected chi connectivity index (χ4v) is 2.12. The van der Waals surface area contributed by atoms with Gasteiger partial charge < -0.3 is 10.1 Å². The van der Waals surface area contributed by atoms with Gasteiger partial charge in [-0.3, -0.25) is 4.79 Å². The predicted molar refractivity (Wildman–Crippen MR) is 66.9 cm³/mol. The highest BCUT2D eigenvalue weighted by Crippen LogP contribution is 2.31. The first-order valence-electron chi connectivity index (χ1n) is 6.18. The Hall–Kier alpha value is -1.51. The summed E-state index contributed by atoms with van der Waals surface area (Å²) in [5.74, 6) is 1.42. The third-order valence-corrected chi connectivity index (χ3v) is 2.89. The molecule has 3 heteroatoms. The molecule has 3 nitrogen and oxygen atoms in total. The smallest absolute Gasteiger partial charge is 0.220 e. The second kappa shape index (κ2) is 5.21. The quantitative estimate of drug-likeness (QED) is 0.871. The number of carbonyl (C=O) groups is 1. The van der Waals surface area contributed by atoms with Crippen LogP contribution in [0.5, 0.6) is 5.75 Å². The van der Waals surface area contributed by atoms with Gasteiger partial charge in [0.1, 0.15) is 5.75 Å². The number of carbonyl (C=O) groups excluding carboxylic acids is 1. The van der Waals surface area contributed by atoms with Gasteiger partial charge >= 0.3 is 0 Å². The van der Waals surface area contributed by atoms with Gasteiger partial charge in [0.2, 0.25) is 5.91 Å². The molecule has 2 rings (SSSR count). The van der Waals surface area contributed by atoms with Gasteiger partial charge in [0.25, 0.3) is 0 Å². The molecule has 0 spiro atoms. The van der Waals surface area contributed by atoms with E-state index in [-0.39, 0.29) is 11.9 Å². The van der Waals surface area contributed by atoms with Crippen LogP contribution in [0.4, 0.5) is 0 Å². The Balaban J connectivity index is 2.06. The predicted octanol–water partition coefficient (Wildman–Crippen LogP) is 2.67. The summed E-state index contributed by atoms with van der Waals surface area (Å²) in [6.45, 7) is 4.78. The monoisotopic (exact) mass is 233 g/mol. The highest BCUT2D eigenvalue weighted by atomic mass is 16.5. The molecule has 0 aliphatic carbocycles. The van der Waals surface area contributed by atoms with Gasteiger partial charge in [-0.05, 0) is 12.0 Å². The van der Waals surface area contributed by atoms with Crippen LogP contribution >= 0.6 is 0 Å². The maximum Gasteiger partial charge on any atom is 0.220 e. The van der Waals surface area contributed by atoms with E-state index < -0.39 is 0 Å². The third-order valence-electron chi connectivity index (χ3n) is 2.89. The molecule has 0 saturated heterocycles. The highest BCUT2D eigenvalue weighted by molar-refractivity contribution is 5.76. The number of para-hydroxylation sites is 1. The second-order valence-corrected chi connectivity index (χ2v) is 4.89. The SMILES string of the molecule is CC(C)CC(=O)N[C@H]1CCOc2ccccc21. The molecule has 0 fully saturated rings. The zero-order valence-electron chi connectivity index (χ0n) is 10.4. The van der Waals surface area contributed by atoms with E-state index in [0.717, 1.165) is 17.7 Å². The van der Waals surface area contributed by atoms with E-state index in [4.69, 9.17) is 4.74 Å². The lowest BCUT2D eigenvalue weighted by Crippen LogP contribution is -2.32. The molecule has 0 bridgehead atoms. The lowest BCUT2D eigenvalue weighted by atomic mass is 10.00. The molecular weight excluding hydrogens is 214 g/mol. The van der Waals surface area contributed by atoms with Crippen LogP contribution in [0.25, 0.3) is 0 Å². The zero-order chi connectivity index (χ0) is 12.3. The number of nitrogens with one attached hydrogen (secondary N) is 1. The van der Waals surface area contributed by atoms with Gasteiger partial charge in [-0.2, -0.15) is 0 Å². The first-order valence-corrected chi connectivity index (χ1v) is 6.18. The third kappa shape index (κ3) is 2.99. The number of benzene rings is 1. The molecule has 1 aromatic rings. The summed E-state index contributed by atoms with van der Waals surface area (Å²) in [4.78, 5) is 11.8. The number of amides is 1. The summed E-state index contributed by atoms with van der Waals surface area (Å²) < 4.78 is 5.57. The standard InChI is InChI=1S/C14H19NO2/c1-10(2)9-14(16)15-12-7-8-17-13-6-4-3-5-11(12)13/h3-6,10,12H,7-9H2,1-2H3,(H,15,16)/t12-/m0/s1. The molecule has 17 heavy (non-hydrogen) atoms. The van der Waals surface area contributed by atoms with Crippen molar-refractivity contribution in [2.75, 3.05) is 6.61 Å². The minimum atomic E-state index is 0.103. The number of hydrogen-bond donors (Lipinski definition) is 1. The second-order valence-electron chi connectivity index (χ2n) is 4.89. The summed E-state index contributed by atoms with van der Waals surface area (Å²) in [6, 6.07) is 8.02. The Bertz CT molecular complexity index is 401. The first kappa shape index (κ1) is 12.0. The van der Waals surface area contributed by atoms with Crippen LogP contribution in [0.15, 0.2) is 24.3 Å². The Morgan fingerprint density at radius 1 is 1.47 bits per heavy atom. The summed E-state index contributed by atoms with van der Waals surface area (Å²) in [5, 5.41) is 3.09. The van der Waals surface area contributed by atoms with Crippen LogP contribution in [0.2, 0.25) is 0 Å². The van der Waals surface area contributed by atoms with Crippen LogP contribution in [0.3, 0.4) is 0 Å². The number of fused-ring (bicyclic) bond motifs is 1. The van der Waals surface area contributed by atoms with Gasteiger partial charge in [-0.1, -0.05) is 32.0 Å². The van der Waals surface area contributed by atoms with Gasteiger partial charge in [0, 0.05) is 18.4 Å². The van der Waals surface area contributed by atoms with Crippen LogP contribution in [-0.4, -0.2) is 12.5 Å². The van der Waals surface area contributed by atoms with Crippen molar-refractivity contribution >= 4 is 5.91 Å². The molecule has 92 valence electrons. The molecule has 0 saturated carbocycles. The van der Waals surface area contributed by atoms with Crippen LogP contribution < -0.4 is 10.1 Å². The molecule has 1 amide bonds. The van der Waals surface area contributed by atoms with E-state index in [9.17, 15) is 4.79 Å². The van der Waals surface area contributed by atoms with Crippen molar-refractivity contribution < 1.29 is 9.53 Å². The molecule has 0 aromatic heterocycles. The summed E-state index contributed by atoms with van der Waals surface area (Å²) in [6.07, 6.45) is 1.43. The van der Waals surface area contributed by atoms with Crippen molar-refractivity contribution in [1.29, 1.82) is 0 Å². The van der Waals surface area contributed by atoms with Gasteiger partial charge in [-0.15, -0.1) is 0 Å². The fraction of sp³-hybridized carbons (Fsp3) is 0.500. The van der Waals surface area contributed by atoms with E-state index in [0.29, 0.717) is 18.9 Å². The minimum Gasteiger partial charge on any atom is -0.493 e. The molecule has 1 aliphatic heterocycles. The van der Waals surface area contributed by atoms with E-state index >= 15 is 0 Å². The maximum absolute atomic E-state index is 11.8. The summed E-state index contributed by atoms with van der Waals surface area (Å²) >= 11 is 0. The molecule has 1 aliphatic rings. The minimum absolute atomic E-state index is 0.103. The van der Waals surface area contributed by atoms with E-state index in [1.165, 1.54) is 0 Å². The fourth-order valence-electron chi connectivity index (χ4n) is 2.12. The Morgan fingerprint density at radius 2 is 2.24 bits per heavy atom. The van der Waals surface area contributed by atoms with Crippen LogP contribution in [0, 0.1) is 5.92 Å². The van der Waals surface area contributed by atoms with Crippen LogP contribution in [0.1, 0.15) is 38.3 Å². The van der Waals surface area contributed by atoms with Crippen molar-refractivity contribution in [1.82, 2.24) is 5.32 Å². The topological polar surface area (TPSA) is 38.3 Å². The molecule has 1 heterocycles. The van der Waals surface area contributed by atoms with E-state index in [1.54, 1.807) is 0 Å². The normalized spacial score (nSPS) is 18.4. The molecule has 1 aromatic carbocycles. The first-order chi connectivity index (χ1) is 8.16. The number of hydrogen-bond acceptors (Lipinski definition) is 2. The molecular formula is C14H19NO2. The van der Waals surface area contributed by atoms with E-state index in [2.05, 4.69) is 19.2 Å². The maximum atomic E-state index is 11.8.